The lowest BCUT2D eigenvalue weighted by Gasteiger charge is -2.03. The van der Waals surface area contributed by atoms with Crippen molar-refractivity contribution in [1.82, 2.24) is 0 Å². The number of aliphatic imine (C=N–C) groups is 2. The van der Waals surface area contributed by atoms with Gasteiger partial charge in [-0.25, -0.2) is 9.98 Å². The molecule has 0 aliphatic rings. The second-order valence-electron chi connectivity index (χ2n) is 4.72. The van der Waals surface area contributed by atoms with E-state index in [0.717, 1.165) is 12.0 Å². The molecule has 1 atom stereocenters. The third-order valence-corrected chi connectivity index (χ3v) is 2.80. The predicted octanol–water partition coefficient (Wildman–Crippen LogP) is 4.66. The van der Waals surface area contributed by atoms with Crippen LogP contribution in [0.25, 0.3) is 0 Å². The van der Waals surface area contributed by atoms with E-state index in [9.17, 15) is 0 Å². The van der Waals surface area contributed by atoms with Gasteiger partial charge in [-0.15, -0.1) is 0 Å². The van der Waals surface area contributed by atoms with E-state index in [-0.39, 0.29) is 5.92 Å². The largest absolute Gasteiger partial charge is 0.286 e. The van der Waals surface area contributed by atoms with Crippen molar-refractivity contribution in [3.05, 3.63) is 60.2 Å². The van der Waals surface area contributed by atoms with Crippen LogP contribution in [0.3, 0.4) is 0 Å². The Morgan fingerprint density at radius 3 is 2.62 bits per heavy atom. The van der Waals surface area contributed by atoms with Crippen LogP contribution in [-0.4, -0.2) is 17.9 Å². The smallest absolute Gasteiger partial charge is 0.129 e. The van der Waals surface area contributed by atoms with Crippen molar-refractivity contribution >= 4 is 17.9 Å². The summed E-state index contributed by atoms with van der Waals surface area (Å²) in [5.74, 6) is 0.889. The molecule has 1 N–H and O–H groups in total. The lowest BCUT2D eigenvalue weighted by Crippen LogP contribution is -2.06. The van der Waals surface area contributed by atoms with E-state index in [1.807, 2.05) is 55.5 Å². The van der Waals surface area contributed by atoms with E-state index in [0.29, 0.717) is 11.7 Å². The van der Waals surface area contributed by atoms with Gasteiger partial charge in [-0.1, -0.05) is 68.5 Å². The van der Waals surface area contributed by atoms with Crippen LogP contribution in [0.2, 0.25) is 0 Å². The van der Waals surface area contributed by atoms with E-state index in [4.69, 9.17) is 5.41 Å². The van der Waals surface area contributed by atoms with Crippen molar-refractivity contribution in [3.8, 4) is 0 Å². The molecule has 0 amide bonds. The zero-order valence-corrected chi connectivity index (χ0v) is 13.0. The Morgan fingerprint density at radius 2 is 1.95 bits per heavy atom. The molecule has 0 spiro atoms. The fraction of sp³-hybridized carbons (Fsp3) is 0.278. The summed E-state index contributed by atoms with van der Waals surface area (Å²) in [7, 11) is 0. The lowest BCUT2D eigenvalue weighted by atomic mass is 10.1. The number of amidine groups is 2. The van der Waals surface area contributed by atoms with Crippen molar-refractivity contribution in [2.75, 3.05) is 0 Å². The van der Waals surface area contributed by atoms with Crippen LogP contribution >= 0.6 is 0 Å². The molecule has 0 saturated carbocycles. The van der Waals surface area contributed by atoms with Crippen LogP contribution in [-0.2, 0) is 0 Å². The van der Waals surface area contributed by atoms with Crippen molar-refractivity contribution in [3.63, 3.8) is 0 Å². The minimum absolute atomic E-state index is 0.0200. The molecule has 1 aromatic rings. The zero-order valence-electron chi connectivity index (χ0n) is 13.0. The maximum absolute atomic E-state index is 7.95. The summed E-state index contributed by atoms with van der Waals surface area (Å²) in [6.45, 7) is 5.85. The van der Waals surface area contributed by atoms with Crippen molar-refractivity contribution in [1.29, 1.82) is 5.41 Å². The Kier molecular flexibility index (Phi) is 7.65. The average Bonchev–Trinajstić information content (AvgIpc) is 2.50. The van der Waals surface area contributed by atoms with Gasteiger partial charge in [0.25, 0.3) is 0 Å². The molecule has 0 saturated heterocycles. The van der Waals surface area contributed by atoms with Gasteiger partial charge < -0.3 is 0 Å². The molecule has 3 heteroatoms. The van der Waals surface area contributed by atoms with Gasteiger partial charge in [0.15, 0.2) is 0 Å². The summed E-state index contributed by atoms with van der Waals surface area (Å²) >= 11 is 0. The minimum Gasteiger partial charge on any atom is -0.286 e. The van der Waals surface area contributed by atoms with Gasteiger partial charge in [0, 0.05) is 12.1 Å². The molecule has 110 valence electrons. The van der Waals surface area contributed by atoms with Crippen molar-refractivity contribution in [2.45, 2.75) is 27.2 Å². The fourth-order valence-corrected chi connectivity index (χ4v) is 1.55. The monoisotopic (exact) mass is 281 g/mol. The van der Waals surface area contributed by atoms with Crippen LogP contribution < -0.4 is 0 Å². The number of allylic oxidation sites excluding steroid dienone is 3. The molecule has 0 bridgehead atoms. The summed E-state index contributed by atoms with van der Waals surface area (Å²) in [6.07, 6.45) is 10.8. The summed E-state index contributed by atoms with van der Waals surface area (Å²) in [4.78, 5) is 8.49. The molecule has 1 unspecified atom stereocenters. The van der Waals surface area contributed by atoms with Crippen LogP contribution in [0.5, 0.6) is 0 Å². The summed E-state index contributed by atoms with van der Waals surface area (Å²) in [6, 6.07) is 9.86. The average molecular weight is 281 g/mol. The topological polar surface area (TPSA) is 48.6 Å². The van der Waals surface area contributed by atoms with Gasteiger partial charge in [-0.3, -0.25) is 5.41 Å². The van der Waals surface area contributed by atoms with Gasteiger partial charge in [-0.2, -0.15) is 0 Å². The highest BCUT2D eigenvalue weighted by Gasteiger charge is 2.03. The fourth-order valence-electron chi connectivity index (χ4n) is 1.55. The van der Waals surface area contributed by atoms with Gasteiger partial charge in [0.1, 0.15) is 11.7 Å². The SMILES string of the molecule is CC/C=C\C=C/C(C)C(=N)/N=C(C)\N=C\c1ccccc1. The molecule has 0 aromatic heterocycles. The molecular weight excluding hydrogens is 258 g/mol. The van der Waals surface area contributed by atoms with E-state index in [1.54, 1.807) is 13.1 Å². The minimum atomic E-state index is -0.0200. The first-order valence-electron chi connectivity index (χ1n) is 7.19. The molecule has 0 fully saturated rings. The maximum atomic E-state index is 7.95. The first kappa shape index (κ1) is 16.8. The highest BCUT2D eigenvalue weighted by molar-refractivity contribution is 6.00. The van der Waals surface area contributed by atoms with E-state index in [1.165, 1.54) is 0 Å². The van der Waals surface area contributed by atoms with Gasteiger partial charge in [0.2, 0.25) is 0 Å². The Bertz CT molecular complexity index is 551. The number of hydrogen-bond acceptors (Lipinski definition) is 1. The van der Waals surface area contributed by atoms with Crippen LogP contribution in [0, 0.1) is 11.3 Å². The number of rotatable bonds is 5. The summed E-state index contributed by atoms with van der Waals surface area (Å²) < 4.78 is 0. The number of nitrogens with zero attached hydrogens (tertiary/aromatic N) is 2. The Labute approximate surface area is 127 Å². The molecule has 0 heterocycles. The van der Waals surface area contributed by atoms with Crippen LogP contribution in [0.1, 0.15) is 32.8 Å². The Hall–Kier alpha value is -2.29. The molecule has 3 nitrogen and oxygen atoms in total. The number of benzene rings is 1. The number of nitrogens with one attached hydrogen (secondary N) is 1. The highest BCUT2D eigenvalue weighted by Crippen LogP contribution is 2.02. The molecule has 0 aliphatic heterocycles. The predicted molar refractivity (Wildman–Crippen MR) is 92.6 cm³/mol. The first-order chi connectivity index (χ1) is 10.1. The molecule has 0 radical (unpaired) electrons. The third kappa shape index (κ3) is 7.16. The Morgan fingerprint density at radius 1 is 1.24 bits per heavy atom. The van der Waals surface area contributed by atoms with Crippen molar-refractivity contribution < 1.29 is 0 Å². The van der Waals surface area contributed by atoms with Crippen molar-refractivity contribution in [2.24, 2.45) is 15.9 Å². The first-order valence-corrected chi connectivity index (χ1v) is 7.19. The van der Waals surface area contributed by atoms with E-state index in [2.05, 4.69) is 23.0 Å². The lowest BCUT2D eigenvalue weighted by molar-refractivity contribution is 0.968. The summed E-state index contributed by atoms with van der Waals surface area (Å²) in [5, 5.41) is 7.95. The third-order valence-electron chi connectivity index (χ3n) is 2.80. The van der Waals surface area contributed by atoms with E-state index >= 15 is 0 Å². The zero-order chi connectivity index (χ0) is 15.5. The van der Waals surface area contributed by atoms with E-state index < -0.39 is 0 Å². The van der Waals surface area contributed by atoms with Gasteiger partial charge in [0.05, 0.1) is 0 Å². The molecule has 21 heavy (non-hydrogen) atoms. The van der Waals surface area contributed by atoms with Crippen LogP contribution in [0.15, 0.2) is 64.6 Å². The molecular formula is C18H23N3. The maximum Gasteiger partial charge on any atom is 0.129 e. The highest BCUT2D eigenvalue weighted by atomic mass is 14.9. The summed E-state index contributed by atoms with van der Waals surface area (Å²) in [5.41, 5.74) is 1.02. The van der Waals surface area contributed by atoms with Gasteiger partial charge >= 0.3 is 0 Å². The molecule has 0 aliphatic carbocycles. The second-order valence-corrected chi connectivity index (χ2v) is 4.72. The standard InChI is InChI=1S/C18H23N3/c1-4-5-6-8-11-15(2)18(19)21-16(3)20-14-17-12-9-7-10-13-17/h5-15,19H,4H2,1-3H3/b6-5-,11-8-,19-18?,20-14+,21-16-. The molecule has 1 rings (SSSR count). The van der Waals surface area contributed by atoms with Crippen LogP contribution in [0.4, 0.5) is 0 Å². The normalized spacial score (nSPS) is 14.3. The molecule has 1 aromatic carbocycles. The Balaban J connectivity index is 2.60. The van der Waals surface area contributed by atoms with Gasteiger partial charge in [-0.05, 0) is 18.9 Å². The number of hydrogen-bond donors (Lipinski definition) is 1. The second kappa shape index (κ2) is 9.59. The quantitative estimate of drug-likeness (QED) is 0.463.